The molecule has 0 N–H and O–H groups in total. The second-order valence-electron chi connectivity index (χ2n) is 18.7. The van der Waals surface area contributed by atoms with Crippen LogP contribution in [0.25, 0.3) is 39.0 Å². The van der Waals surface area contributed by atoms with Gasteiger partial charge in [0, 0.05) is 33.2 Å². The van der Waals surface area contributed by atoms with Gasteiger partial charge in [0.15, 0.2) is 0 Å². The van der Waals surface area contributed by atoms with Gasteiger partial charge in [-0.1, -0.05) is 166 Å². The second-order valence-corrected chi connectivity index (χ2v) is 18.7. The van der Waals surface area contributed by atoms with Crippen LogP contribution < -0.4 is 4.90 Å². The molecule has 6 aromatic carbocycles. The van der Waals surface area contributed by atoms with Gasteiger partial charge in [-0.15, -0.1) is 0 Å². The van der Waals surface area contributed by atoms with Crippen molar-refractivity contribution in [2.45, 2.75) is 84.0 Å². The van der Waals surface area contributed by atoms with E-state index in [1.165, 1.54) is 78.0 Å². The fraction of sp³-hybridized carbons (Fsp3) is 0.236. The minimum Gasteiger partial charge on any atom is -0.310 e. The number of allylic oxidation sites excluding steroid dienone is 4. The van der Waals surface area contributed by atoms with Crippen LogP contribution in [0.15, 0.2) is 147 Å². The first-order valence-electron chi connectivity index (χ1n) is 20.2. The van der Waals surface area contributed by atoms with Crippen LogP contribution in [0.1, 0.15) is 107 Å². The summed E-state index contributed by atoms with van der Waals surface area (Å²) in [5, 5.41) is 0. The van der Waals surface area contributed by atoms with Crippen molar-refractivity contribution in [2.24, 2.45) is 0 Å². The van der Waals surface area contributed by atoms with Crippen molar-refractivity contribution in [3.63, 3.8) is 0 Å². The van der Waals surface area contributed by atoms with E-state index in [0.717, 1.165) is 22.5 Å². The first-order valence-corrected chi connectivity index (χ1v) is 20.2. The highest BCUT2D eigenvalue weighted by molar-refractivity contribution is 5.98. The van der Waals surface area contributed by atoms with Crippen LogP contribution in [0.2, 0.25) is 0 Å². The highest BCUT2D eigenvalue weighted by Gasteiger charge is 2.44. The minimum atomic E-state index is -0.181. The summed E-state index contributed by atoms with van der Waals surface area (Å²) in [5.41, 5.74) is 23.1. The van der Waals surface area contributed by atoms with E-state index < -0.39 is 0 Å². The van der Waals surface area contributed by atoms with Crippen molar-refractivity contribution in [1.82, 2.24) is 0 Å². The Kier molecular flexibility index (Phi) is 7.82. The lowest BCUT2D eigenvalue weighted by Gasteiger charge is -2.30. The molecule has 0 atom stereocenters. The van der Waals surface area contributed by atoms with Crippen LogP contribution in [0.5, 0.6) is 0 Å². The van der Waals surface area contributed by atoms with Gasteiger partial charge in [0.2, 0.25) is 0 Å². The maximum atomic E-state index is 4.08. The predicted molar refractivity (Wildman–Crippen MR) is 241 cm³/mol. The number of hydrogen-bond acceptors (Lipinski definition) is 1. The highest BCUT2D eigenvalue weighted by Crippen LogP contribution is 2.59. The van der Waals surface area contributed by atoms with Crippen molar-refractivity contribution in [3.05, 3.63) is 191 Å². The van der Waals surface area contributed by atoms with E-state index >= 15 is 0 Å². The molecule has 0 aliphatic heterocycles. The molecular weight excluding hydrogens is 675 g/mol. The summed E-state index contributed by atoms with van der Waals surface area (Å²) in [6.07, 6.45) is 5.75. The Balaban J connectivity index is 1.27. The Morgan fingerprint density at radius 3 is 1.79 bits per heavy atom. The molecule has 0 amide bonds. The molecule has 0 spiro atoms. The third-order valence-corrected chi connectivity index (χ3v) is 13.4. The Morgan fingerprint density at radius 1 is 0.518 bits per heavy atom. The molecule has 1 heteroatoms. The van der Waals surface area contributed by atoms with Crippen LogP contribution in [-0.4, -0.2) is 0 Å². The average Bonchev–Trinajstić information content (AvgIpc) is 3.65. The zero-order chi connectivity index (χ0) is 39.5. The average molecular weight is 728 g/mol. The lowest BCUT2D eigenvalue weighted by Crippen LogP contribution is -2.18. The third-order valence-electron chi connectivity index (χ3n) is 13.4. The van der Waals surface area contributed by atoms with Gasteiger partial charge in [0.05, 0.1) is 5.69 Å². The summed E-state index contributed by atoms with van der Waals surface area (Å²) in [5.74, 6) is 0. The number of hydrogen-bond donors (Lipinski definition) is 0. The van der Waals surface area contributed by atoms with Gasteiger partial charge in [-0.25, -0.2) is 0 Å². The number of anilines is 3. The maximum Gasteiger partial charge on any atom is 0.0543 e. The molecule has 3 aliphatic carbocycles. The Morgan fingerprint density at radius 2 is 1.07 bits per heavy atom. The van der Waals surface area contributed by atoms with Crippen molar-refractivity contribution in [3.8, 4) is 33.4 Å². The van der Waals surface area contributed by atoms with Crippen LogP contribution in [0.4, 0.5) is 17.1 Å². The topological polar surface area (TPSA) is 3.24 Å². The molecule has 3 aliphatic rings. The summed E-state index contributed by atoms with van der Waals surface area (Å²) >= 11 is 0. The fourth-order valence-electron chi connectivity index (χ4n) is 10.1. The molecule has 0 aromatic heterocycles. The molecule has 0 saturated heterocycles. The smallest absolute Gasteiger partial charge is 0.0543 e. The van der Waals surface area contributed by atoms with E-state index in [0.29, 0.717) is 0 Å². The van der Waals surface area contributed by atoms with Crippen LogP contribution >= 0.6 is 0 Å². The largest absolute Gasteiger partial charge is 0.310 e. The normalized spacial score (nSPS) is 16.3. The van der Waals surface area contributed by atoms with E-state index in [4.69, 9.17) is 0 Å². The van der Waals surface area contributed by atoms with Crippen LogP contribution in [-0.2, 0) is 21.7 Å². The van der Waals surface area contributed by atoms with Crippen LogP contribution in [0, 0.1) is 0 Å². The molecule has 278 valence electrons. The first-order chi connectivity index (χ1) is 26.6. The monoisotopic (exact) mass is 727 g/mol. The molecular formula is C55H53N. The van der Waals surface area contributed by atoms with Gasteiger partial charge in [-0.05, 0) is 126 Å². The summed E-state index contributed by atoms with van der Waals surface area (Å²) < 4.78 is 0. The molecule has 0 fully saturated rings. The van der Waals surface area contributed by atoms with Crippen molar-refractivity contribution in [1.29, 1.82) is 0 Å². The lowest BCUT2D eigenvalue weighted by atomic mass is 9.78. The Hall–Kier alpha value is -5.66. The van der Waals surface area contributed by atoms with E-state index in [1.807, 2.05) is 18.2 Å². The van der Waals surface area contributed by atoms with Gasteiger partial charge in [-0.2, -0.15) is 0 Å². The highest BCUT2D eigenvalue weighted by atomic mass is 15.1. The zero-order valence-corrected chi connectivity index (χ0v) is 34.6. The predicted octanol–water partition coefficient (Wildman–Crippen LogP) is 15.1. The fourth-order valence-corrected chi connectivity index (χ4v) is 10.1. The lowest BCUT2D eigenvalue weighted by molar-refractivity contribution is 0.584. The van der Waals surface area contributed by atoms with Crippen molar-refractivity contribution in [2.75, 3.05) is 4.90 Å². The number of fused-ring (bicyclic) bond motifs is 9. The van der Waals surface area contributed by atoms with Crippen molar-refractivity contribution < 1.29 is 0 Å². The Labute approximate surface area is 334 Å². The molecule has 1 nitrogen and oxygen atoms in total. The van der Waals surface area contributed by atoms with E-state index in [-0.39, 0.29) is 21.7 Å². The molecule has 0 unspecified atom stereocenters. The van der Waals surface area contributed by atoms with Gasteiger partial charge < -0.3 is 4.90 Å². The Bertz CT molecular complexity index is 2670. The number of benzene rings is 6. The van der Waals surface area contributed by atoms with E-state index in [1.54, 1.807) is 0 Å². The van der Waals surface area contributed by atoms with E-state index in [9.17, 15) is 0 Å². The molecule has 0 saturated carbocycles. The molecule has 0 heterocycles. The van der Waals surface area contributed by atoms with Crippen LogP contribution in [0.3, 0.4) is 0 Å². The first kappa shape index (κ1) is 36.0. The molecule has 0 bridgehead atoms. The number of rotatable bonds is 6. The molecule has 9 rings (SSSR count). The summed E-state index contributed by atoms with van der Waals surface area (Å²) in [6, 6.07) is 44.2. The standard InChI is InChI=1S/C55H53N/c1-12-17-34(13-2)35-22-25-37(26-23-35)56(38-27-29-40-39-18-14-15-19-44(39)53(6,7)47(40)31-38)50-21-16-20-45-51(50)43-33-48-42(32-49(43)54(45,8)9)41-28-24-36(52(3,4)5)30-46(41)55(48,10)11/h12-33H,1-2H2,3-11H3/b34-17+. The zero-order valence-electron chi connectivity index (χ0n) is 34.6. The van der Waals surface area contributed by atoms with Gasteiger partial charge in [0.25, 0.3) is 0 Å². The van der Waals surface area contributed by atoms with Gasteiger partial charge >= 0.3 is 0 Å². The second kappa shape index (κ2) is 12.2. The number of nitrogens with zero attached hydrogens (tertiary/aromatic N) is 1. The van der Waals surface area contributed by atoms with Gasteiger partial charge in [0.1, 0.15) is 0 Å². The quantitative estimate of drug-likeness (QED) is 0.154. The maximum absolute atomic E-state index is 4.08. The summed E-state index contributed by atoms with van der Waals surface area (Å²) in [4.78, 5) is 2.50. The molecule has 56 heavy (non-hydrogen) atoms. The summed E-state index contributed by atoms with van der Waals surface area (Å²) in [6.45, 7) is 29.4. The van der Waals surface area contributed by atoms with Gasteiger partial charge in [-0.3, -0.25) is 0 Å². The SMILES string of the molecule is C=C/C=C(\C=C)c1ccc(N(c2ccc3c(c2)C(C)(C)c2ccccc2-3)c2cccc3c2-c2cc4c(cc2C3(C)C)-c2ccc(C(C)(C)C)cc2C4(C)C)cc1. The van der Waals surface area contributed by atoms with E-state index in [2.05, 4.69) is 196 Å². The third kappa shape index (κ3) is 5.06. The minimum absolute atomic E-state index is 0.0872. The molecule has 0 radical (unpaired) electrons. The summed E-state index contributed by atoms with van der Waals surface area (Å²) in [7, 11) is 0. The van der Waals surface area contributed by atoms with Crippen molar-refractivity contribution >= 4 is 22.6 Å². The molecule has 6 aromatic rings.